The van der Waals surface area contributed by atoms with E-state index in [4.69, 9.17) is 10.7 Å². The lowest BCUT2D eigenvalue weighted by Crippen LogP contribution is -1.99. The van der Waals surface area contributed by atoms with Crippen molar-refractivity contribution in [1.82, 2.24) is 9.97 Å². The van der Waals surface area contributed by atoms with Gasteiger partial charge in [-0.3, -0.25) is 0 Å². The smallest absolute Gasteiger partial charge is 0.113 e. The van der Waals surface area contributed by atoms with Crippen molar-refractivity contribution in [3.05, 3.63) is 53.7 Å². The molecule has 2 aromatic carbocycles. The minimum atomic E-state index is 0.710. The molecule has 19 heavy (non-hydrogen) atoms. The maximum Gasteiger partial charge on any atom is 0.113 e. The van der Waals surface area contributed by atoms with Crippen molar-refractivity contribution in [2.24, 2.45) is 0 Å². The van der Waals surface area contributed by atoms with E-state index in [1.54, 1.807) is 0 Å². The van der Waals surface area contributed by atoms with Gasteiger partial charge >= 0.3 is 0 Å². The maximum atomic E-state index is 6.11. The Morgan fingerprint density at radius 2 is 1.63 bits per heavy atom. The van der Waals surface area contributed by atoms with Gasteiger partial charge in [-0.15, -0.1) is 0 Å². The predicted octanol–water partition coefficient (Wildman–Crippen LogP) is 3.50. The molecular weight excluding hydrogens is 234 g/mol. The first-order valence-electron chi connectivity index (χ1n) is 6.25. The number of aromatic nitrogens is 2. The fourth-order valence-electron chi connectivity index (χ4n) is 2.20. The monoisotopic (exact) mass is 249 g/mol. The van der Waals surface area contributed by atoms with Crippen LogP contribution in [0.15, 0.2) is 42.5 Å². The first-order valence-corrected chi connectivity index (χ1v) is 6.25. The molecule has 94 valence electrons. The highest BCUT2D eigenvalue weighted by molar-refractivity contribution is 5.90. The molecule has 0 aliphatic carbocycles. The van der Waals surface area contributed by atoms with Crippen molar-refractivity contribution < 1.29 is 0 Å². The lowest BCUT2D eigenvalue weighted by Gasteiger charge is -2.09. The number of aryl methyl sites for hydroxylation is 2. The summed E-state index contributed by atoms with van der Waals surface area (Å²) in [6, 6.07) is 14.0. The number of nitrogen functional groups attached to an aromatic ring is 1. The molecule has 1 aromatic heterocycles. The van der Waals surface area contributed by atoms with Gasteiger partial charge in [-0.25, -0.2) is 9.97 Å². The van der Waals surface area contributed by atoms with E-state index in [9.17, 15) is 0 Å². The van der Waals surface area contributed by atoms with Gasteiger partial charge in [0.05, 0.1) is 22.6 Å². The van der Waals surface area contributed by atoms with Crippen LogP contribution in [-0.2, 0) is 0 Å². The molecule has 0 atom stereocenters. The number of rotatable bonds is 1. The van der Waals surface area contributed by atoms with Gasteiger partial charge in [-0.05, 0) is 25.5 Å². The molecular formula is C16H15N3. The van der Waals surface area contributed by atoms with Crippen molar-refractivity contribution in [3.63, 3.8) is 0 Å². The van der Waals surface area contributed by atoms with Crippen LogP contribution in [0.3, 0.4) is 0 Å². The van der Waals surface area contributed by atoms with Gasteiger partial charge in [0.2, 0.25) is 0 Å². The second-order valence-corrected chi connectivity index (χ2v) is 4.69. The average molecular weight is 249 g/mol. The topological polar surface area (TPSA) is 51.8 Å². The summed E-state index contributed by atoms with van der Waals surface area (Å²) < 4.78 is 0. The zero-order valence-corrected chi connectivity index (χ0v) is 11.0. The highest BCUT2D eigenvalue weighted by atomic mass is 14.8. The van der Waals surface area contributed by atoms with Crippen LogP contribution in [0, 0.1) is 13.8 Å². The Balaban J connectivity index is 2.32. The standard InChI is InChI=1S/C16H15N3/c1-10-8-9-13-16(14(10)17)19-15(11(2)18-13)12-6-4-3-5-7-12/h3-9H,17H2,1-2H3. The van der Waals surface area contributed by atoms with Crippen LogP contribution in [0.2, 0.25) is 0 Å². The molecule has 3 aromatic rings. The van der Waals surface area contributed by atoms with Gasteiger partial charge in [0.1, 0.15) is 5.52 Å². The molecule has 0 radical (unpaired) electrons. The van der Waals surface area contributed by atoms with Crippen LogP contribution in [0.5, 0.6) is 0 Å². The molecule has 0 saturated heterocycles. The second kappa shape index (κ2) is 4.35. The maximum absolute atomic E-state index is 6.11. The van der Waals surface area contributed by atoms with E-state index >= 15 is 0 Å². The first-order chi connectivity index (χ1) is 9.16. The van der Waals surface area contributed by atoms with E-state index in [0.717, 1.165) is 33.5 Å². The van der Waals surface area contributed by atoms with Crippen LogP contribution < -0.4 is 5.73 Å². The Morgan fingerprint density at radius 3 is 2.37 bits per heavy atom. The zero-order chi connectivity index (χ0) is 13.4. The van der Waals surface area contributed by atoms with Crippen molar-refractivity contribution in [1.29, 1.82) is 0 Å². The number of hydrogen-bond donors (Lipinski definition) is 1. The summed E-state index contributed by atoms with van der Waals surface area (Å²) in [4.78, 5) is 9.33. The summed E-state index contributed by atoms with van der Waals surface area (Å²) in [7, 11) is 0. The number of nitrogens with zero attached hydrogens (tertiary/aromatic N) is 2. The molecule has 0 aliphatic heterocycles. The summed E-state index contributed by atoms with van der Waals surface area (Å²) in [5.41, 5.74) is 12.4. The number of hydrogen-bond acceptors (Lipinski definition) is 3. The Kier molecular flexibility index (Phi) is 2.67. The van der Waals surface area contributed by atoms with E-state index in [1.165, 1.54) is 0 Å². The van der Waals surface area contributed by atoms with E-state index < -0.39 is 0 Å². The lowest BCUT2D eigenvalue weighted by atomic mass is 10.1. The molecule has 0 amide bonds. The van der Waals surface area contributed by atoms with Crippen LogP contribution in [0.1, 0.15) is 11.3 Å². The second-order valence-electron chi connectivity index (χ2n) is 4.69. The fraction of sp³-hybridized carbons (Fsp3) is 0.125. The highest BCUT2D eigenvalue weighted by Gasteiger charge is 2.10. The Hall–Kier alpha value is -2.42. The third-order valence-corrected chi connectivity index (χ3v) is 3.32. The van der Waals surface area contributed by atoms with E-state index in [0.29, 0.717) is 5.69 Å². The van der Waals surface area contributed by atoms with E-state index in [-0.39, 0.29) is 0 Å². The molecule has 0 spiro atoms. The predicted molar refractivity (Wildman–Crippen MR) is 78.9 cm³/mol. The third kappa shape index (κ3) is 1.93. The molecule has 3 rings (SSSR count). The number of nitrogens with two attached hydrogens (primary N) is 1. The molecule has 3 nitrogen and oxygen atoms in total. The minimum Gasteiger partial charge on any atom is -0.397 e. The van der Waals surface area contributed by atoms with Gasteiger partial charge in [0.25, 0.3) is 0 Å². The van der Waals surface area contributed by atoms with Gasteiger partial charge in [-0.2, -0.15) is 0 Å². The quantitative estimate of drug-likeness (QED) is 0.671. The Labute approximate surface area is 112 Å². The number of benzene rings is 2. The van der Waals surface area contributed by atoms with Crippen molar-refractivity contribution >= 4 is 16.7 Å². The largest absolute Gasteiger partial charge is 0.397 e. The van der Waals surface area contributed by atoms with Crippen LogP contribution >= 0.6 is 0 Å². The van der Waals surface area contributed by atoms with Crippen LogP contribution in [-0.4, -0.2) is 9.97 Å². The highest BCUT2D eigenvalue weighted by Crippen LogP contribution is 2.26. The summed E-state index contributed by atoms with van der Waals surface area (Å²) in [5, 5.41) is 0. The summed E-state index contributed by atoms with van der Waals surface area (Å²) in [6.45, 7) is 3.96. The zero-order valence-electron chi connectivity index (χ0n) is 11.0. The molecule has 1 heterocycles. The fourth-order valence-corrected chi connectivity index (χ4v) is 2.20. The summed E-state index contributed by atoms with van der Waals surface area (Å²) >= 11 is 0. The summed E-state index contributed by atoms with van der Waals surface area (Å²) in [5.74, 6) is 0. The van der Waals surface area contributed by atoms with Crippen molar-refractivity contribution in [2.45, 2.75) is 13.8 Å². The minimum absolute atomic E-state index is 0.710. The van der Waals surface area contributed by atoms with Gasteiger partial charge < -0.3 is 5.73 Å². The summed E-state index contributed by atoms with van der Waals surface area (Å²) in [6.07, 6.45) is 0. The Bertz CT molecular complexity index is 749. The van der Waals surface area contributed by atoms with Crippen molar-refractivity contribution in [2.75, 3.05) is 5.73 Å². The molecule has 0 saturated carbocycles. The molecule has 0 aliphatic rings. The normalized spacial score (nSPS) is 10.8. The van der Waals surface area contributed by atoms with Gasteiger partial charge in [0.15, 0.2) is 0 Å². The molecule has 3 heteroatoms. The first kappa shape index (κ1) is 11.7. The molecule has 0 fully saturated rings. The molecule has 0 unspecified atom stereocenters. The van der Waals surface area contributed by atoms with Gasteiger partial charge in [0, 0.05) is 5.56 Å². The Morgan fingerprint density at radius 1 is 0.895 bits per heavy atom. The lowest BCUT2D eigenvalue weighted by molar-refractivity contribution is 1.19. The molecule has 2 N–H and O–H groups in total. The average Bonchev–Trinajstić information content (AvgIpc) is 2.44. The van der Waals surface area contributed by atoms with E-state index in [2.05, 4.69) is 4.98 Å². The molecule has 0 bridgehead atoms. The SMILES string of the molecule is Cc1ccc2nc(C)c(-c3ccccc3)nc2c1N. The van der Waals surface area contributed by atoms with Crippen LogP contribution in [0.25, 0.3) is 22.3 Å². The third-order valence-electron chi connectivity index (χ3n) is 3.32. The van der Waals surface area contributed by atoms with Gasteiger partial charge in [-0.1, -0.05) is 36.4 Å². The number of anilines is 1. The van der Waals surface area contributed by atoms with Crippen molar-refractivity contribution in [3.8, 4) is 11.3 Å². The van der Waals surface area contributed by atoms with Crippen LogP contribution in [0.4, 0.5) is 5.69 Å². The number of fused-ring (bicyclic) bond motifs is 1. The van der Waals surface area contributed by atoms with E-state index in [1.807, 2.05) is 56.3 Å².